The molecule has 0 bridgehead atoms. The standard InChI is InChI=1S/C25H21F2NO4/c1-31-24-14-22(27)21(26)13-20(24)17-4-6-19(7-5-17)32-15-16-2-3-18-8-10-28(23(18)12-16)11-9-25(29)30/h2-8,10,12-14H,9,11,15H2,1H3,(H,29,30). The average Bonchev–Trinajstić information content (AvgIpc) is 3.20. The molecule has 32 heavy (non-hydrogen) atoms. The molecule has 0 aliphatic carbocycles. The van der Waals surface area contributed by atoms with Crippen LogP contribution in [0.3, 0.4) is 0 Å². The topological polar surface area (TPSA) is 60.7 Å². The van der Waals surface area contributed by atoms with Crippen LogP contribution in [0, 0.1) is 11.6 Å². The lowest BCUT2D eigenvalue weighted by Crippen LogP contribution is -2.03. The van der Waals surface area contributed by atoms with Crippen molar-refractivity contribution < 1.29 is 28.2 Å². The summed E-state index contributed by atoms with van der Waals surface area (Å²) in [4.78, 5) is 10.9. The number of aliphatic carboxylic acids is 1. The second kappa shape index (κ2) is 9.09. The van der Waals surface area contributed by atoms with Crippen LogP contribution in [-0.4, -0.2) is 22.8 Å². The van der Waals surface area contributed by atoms with Crippen molar-refractivity contribution in [1.82, 2.24) is 4.57 Å². The maximum Gasteiger partial charge on any atom is 0.305 e. The monoisotopic (exact) mass is 437 g/mol. The quantitative estimate of drug-likeness (QED) is 0.387. The minimum Gasteiger partial charge on any atom is -0.496 e. The first kappa shape index (κ1) is 21.4. The fraction of sp³-hybridized carbons (Fsp3) is 0.160. The minimum absolute atomic E-state index is 0.0552. The van der Waals surface area contributed by atoms with Crippen LogP contribution in [0.1, 0.15) is 12.0 Å². The molecule has 0 aliphatic rings. The van der Waals surface area contributed by atoms with E-state index in [1.165, 1.54) is 7.11 Å². The molecule has 0 radical (unpaired) electrons. The normalized spacial score (nSPS) is 11.0. The number of carboxylic acid groups (broad SMARTS) is 1. The third-order valence-corrected chi connectivity index (χ3v) is 5.22. The van der Waals surface area contributed by atoms with Crippen molar-refractivity contribution in [3.05, 3.63) is 84.1 Å². The number of fused-ring (bicyclic) bond motifs is 1. The van der Waals surface area contributed by atoms with Gasteiger partial charge in [-0.3, -0.25) is 4.79 Å². The molecule has 1 aromatic heterocycles. The predicted octanol–water partition coefficient (Wildman–Crippen LogP) is 5.65. The molecule has 164 valence electrons. The average molecular weight is 437 g/mol. The van der Waals surface area contributed by atoms with Gasteiger partial charge < -0.3 is 19.1 Å². The second-order valence-electron chi connectivity index (χ2n) is 7.33. The number of carboxylic acids is 1. The zero-order valence-electron chi connectivity index (χ0n) is 17.3. The summed E-state index contributed by atoms with van der Waals surface area (Å²) in [5, 5.41) is 9.95. The van der Waals surface area contributed by atoms with Gasteiger partial charge >= 0.3 is 5.97 Å². The molecular formula is C25H21F2NO4. The molecule has 0 saturated carbocycles. The van der Waals surface area contributed by atoms with Crippen LogP contribution >= 0.6 is 0 Å². The third kappa shape index (κ3) is 4.56. The fourth-order valence-corrected chi connectivity index (χ4v) is 3.55. The van der Waals surface area contributed by atoms with E-state index in [9.17, 15) is 13.6 Å². The molecule has 0 fully saturated rings. The number of aromatic nitrogens is 1. The maximum absolute atomic E-state index is 13.7. The number of aryl methyl sites for hydroxylation is 1. The van der Waals surface area contributed by atoms with Gasteiger partial charge in [0.1, 0.15) is 18.1 Å². The first-order valence-electron chi connectivity index (χ1n) is 10.0. The third-order valence-electron chi connectivity index (χ3n) is 5.22. The summed E-state index contributed by atoms with van der Waals surface area (Å²) >= 11 is 0. The summed E-state index contributed by atoms with van der Waals surface area (Å²) in [5.41, 5.74) is 3.02. The lowest BCUT2D eigenvalue weighted by atomic mass is 10.0. The van der Waals surface area contributed by atoms with Crippen LogP contribution < -0.4 is 9.47 Å². The van der Waals surface area contributed by atoms with Crippen molar-refractivity contribution in [2.45, 2.75) is 19.6 Å². The Morgan fingerprint density at radius 1 is 1.00 bits per heavy atom. The molecular weight excluding hydrogens is 416 g/mol. The van der Waals surface area contributed by atoms with Gasteiger partial charge in [-0.1, -0.05) is 24.3 Å². The number of ether oxygens (including phenoxy) is 2. The van der Waals surface area contributed by atoms with Crippen LogP contribution in [0.5, 0.6) is 11.5 Å². The van der Waals surface area contributed by atoms with Crippen LogP contribution in [0.4, 0.5) is 8.78 Å². The van der Waals surface area contributed by atoms with Gasteiger partial charge in [0.15, 0.2) is 11.6 Å². The molecule has 0 atom stereocenters. The molecule has 7 heteroatoms. The highest BCUT2D eigenvalue weighted by Gasteiger charge is 2.12. The Labute approximate surface area is 183 Å². The van der Waals surface area contributed by atoms with Crippen molar-refractivity contribution in [3.8, 4) is 22.6 Å². The second-order valence-corrected chi connectivity index (χ2v) is 7.33. The van der Waals surface area contributed by atoms with Crippen LogP contribution in [0.25, 0.3) is 22.0 Å². The van der Waals surface area contributed by atoms with Gasteiger partial charge in [-0.15, -0.1) is 0 Å². The highest BCUT2D eigenvalue weighted by Crippen LogP contribution is 2.33. The molecule has 0 saturated heterocycles. The largest absolute Gasteiger partial charge is 0.496 e. The Bertz CT molecular complexity index is 1270. The minimum atomic E-state index is -0.961. The summed E-state index contributed by atoms with van der Waals surface area (Å²) in [7, 11) is 1.41. The number of nitrogens with zero attached hydrogens (tertiary/aromatic N) is 1. The van der Waals surface area contributed by atoms with Crippen molar-refractivity contribution in [3.63, 3.8) is 0 Å². The Kier molecular flexibility index (Phi) is 6.07. The van der Waals surface area contributed by atoms with Gasteiger partial charge in [0.2, 0.25) is 0 Å². The van der Waals surface area contributed by atoms with Crippen molar-refractivity contribution in [1.29, 1.82) is 0 Å². The SMILES string of the molecule is COc1cc(F)c(F)cc1-c1ccc(OCc2ccc3ccn(CCC(=O)O)c3c2)cc1. The van der Waals surface area contributed by atoms with E-state index in [2.05, 4.69) is 0 Å². The predicted molar refractivity (Wildman–Crippen MR) is 117 cm³/mol. The molecule has 0 spiro atoms. The molecule has 0 amide bonds. The van der Waals surface area contributed by atoms with Crippen molar-refractivity contribution in [2.75, 3.05) is 7.11 Å². The zero-order valence-corrected chi connectivity index (χ0v) is 17.3. The summed E-state index contributed by atoms with van der Waals surface area (Å²) in [6.07, 6.45) is 1.93. The zero-order chi connectivity index (χ0) is 22.7. The van der Waals surface area contributed by atoms with Gasteiger partial charge in [0.25, 0.3) is 0 Å². The van der Waals surface area contributed by atoms with Gasteiger partial charge in [0.05, 0.1) is 13.5 Å². The lowest BCUT2D eigenvalue weighted by Gasteiger charge is -2.11. The van der Waals surface area contributed by atoms with E-state index in [0.29, 0.717) is 30.0 Å². The molecule has 3 aromatic carbocycles. The van der Waals surface area contributed by atoms with E-state index in [1.54, 1.807) is 24.3 Å². The molecule has 4 aromatic rings. The lowest BCUT2D eigenvalue weighted by molar-refractivity contribution is -0.137. The highest BCUT2D eigenvalue weighted by atomic mass is 19.2. The number of benzene rings is 3. The van der Waals surface area contributed by atoms with Gasteiger partial charge in [-0.25, -0.2) is 8.78 Å². The van der Waals surface area contributed by atoms with Gasteiger partial charge in [0, 0.05) is 29.9 Å². The van der Waals surface area contributed by atoms with Crippen LogP contribution in [0.15, 0.2) is 66.9 Å². The molecule has 1 heterocycles. The summed E-state index contributed by atoms with van der Waals surface area (Å²) in [6.45, 7) is 0.728. The van der Waals surface area contributed by atoms with Crippen LogP contribution in [-0.2, 0) is 17.9 Å². The van der Waals surface area contributed by atoms with E-state index in [4.69, 9.17) is 14.6 Å². The summed E-state index contributed by atoms with van der Waals surface area (Å²) in [5.74, 6) is -1.87. The number of methoxy groups -OCH3 is 1. The molecule has 0 aliphatic heterocycles. The smallest absolute Gasteiger partial charge is 0.305 e. The Balaban J connectivity index is 1.48. The Hall–Kier alpha value is -3.87. The summed E-state index contributed by atoms with van der Waals surface area (Å²) in [6, 6.07) is 17.0. The molecule has 1 N–H and O–H groups in total. The van der Waals surface area contributed by atoms with Gasteiger partial charge in [-0.2, -0.15) is 0 Å². The Morgan fingerprint density at radius 3 is 2.47 bits per heavy atom. The number of hydrogen-bond donors (Lipinski definition) is 1. The molecule has 0 unspecified atom stereocenters. The van der Waals surface area contributed by atoms with Crippen molar-refractivity contribution in [2.24, 2.45) is 0 Å². The number of hydrogen-bond acceptors (Lipinski definition) is 3. The van der Waals surface area contributed by atoms with E-state index in [0.717, 1.165) is 28.6 Å². The number of rotatable bonds is 8. The van der Waals surface area contributed by atoms with Gasteiger partial charge in [-0.05, 0) is 46.8 Å². The number of carbonyl (C=O) groups is 1. The first-order chi connectivity index (χ1) is 15.4. The Morgan fingerprint density at radius 2 is 1.75 bits per heavy atom. The highest BCUT2D eigenvalue weighted by molar-refractivity contribution is 5.81. The maximum atomic E-state index is 13.7. The number of halogens is 2. The van der Waals surface area contributed by atoms with E-state index in [-0.39, 0.29) is 12.2 Å². The summed E-state index contributed by atoms with van der Waals surface area (Å²) < 4.78 is 40.1. The van der Waals surface area contributed by atoms with E-state index < -0.39 is 17.6 Å². The first-order valence-corrected chi connectivity index (χ1v) is 10.0. The van der Waals surface area contributed by atoms with Crippen LogP contribution in [0.2, 0.25) is 0 Å². The fourth-order valence-electron chi connectivity index (χ4n) is 3.55. The van der Waals surface area contributed by atoms with Crippen molar-refractivity contribution >= 4 is 16.9 Å². The van der Waals surface area contributed by atoms with E-state index >= 15 is 0 Å². The molecule has 4 rings (SSSR count). The molecule has 5 nitrogen and oxygen atoms in total. The van der Waals surface area contributed by atoms with E-state index in [1.807, 2.05) is 35.0 Å².